The van der Waals surface area contributed by atoms with E-state index < -0.39 is 0 Å². The van der Waals surface area contributed by atoms with E-state index in [2.05, 4.69) is 64.8 Å². The van der Waals surface area contributed by atoms with E-state index in [0.717, 1.165) is 5.56 Å². The summed E-state index contributed by atoms with van der Waals surface area (Å²) in [4.78, 5) is -0.0510. The van der Waals surface area contributed by atoms with Gasteiger partial charge in [-0.1, -0.05) is 33.6 Å². The number of hydrogen-bond donors (Lipinski definition) is 0. The third kappa shape index (κ3) is 3.32. The Balaban J connectivity index is 2.60. The van der Waals surface area contributed by atoms with Crippen LogP contribution in [-0.4, -0.2) is 7.11 Å². The monoisotopic (exact) mass is 414 g/mol. The summed E-state index contributed by atoms with van der Waals surface area (Å²) in [6.07, 6.45) is 0. The van der Waals surface area contributed by atoms with Crippen LogP contribution < -0.4 is 4.74 Å². The van der Waals surface area contributed by atoms with Crippen LogP contribution in [0.3, 0.4) is 0 Å². The number of ether oxygens (including phenoxy) is 1. The maximum absolute atomic E-state index is 13.7. The van der Waals surface area contributed by atoms with Crippen molar-refractivity contribution in [1.29, 1.82) is 0 Å². The van der Waals surface area contributed by atoms with Gasteiger partial charge in [-0.15, -0.1) is 0 Å². The molecule has 0 aromatic heterocycles. The molecule has 0 aliphatic rings. The number of methoxy groups -OCH3 is 1. The van der Waals surface area contributed by atoms with Crippen molar-refractivity contribution in [3.05, 3.63) is 62.4 Å². The van der Waals surface area contributed by atoms with Crippen molar-refractivity contribution in [2.45, 2.75) is 25.6 Å². The average molecular weight is 416 g/mol. The first-order valence-corrected chi connectivity index (χ1v) is 8.30. The Kier molecular flexibility index (Phi) is 5.10. The molecule has 0 aliphatic heterocycles. The van der Waals surface area contributed by atoms with Crippen molar-refractivity contribution in [3.8, 4) is 5.75 Å². The van der Waals surface area contributed by atoms with Gasteiger partial charge in [0.25, 0.3) is 0 Å². The SMILES string of the molecule is COc1cc(F)c(Br)cc1C(Br)c1c(C)cc(C)cc1C. The van der Waals surface area contributed by atoms with Gasteiger partial charge in [0.05, 0.1) is 16.4 Å². The molecule has 0 bridgehead atoms. The average Bonchev–Trinajstić information content (AvgIpc) is 2.39. The molecular weight excluding hydrogens is 399 g/mol. The van der Waals surface area contributed by atoms with Gasteiger partial charge >= 0.3 is 0 Å². The molecule has 2 aromatic carbocycles. The Hall–Kier alpha value is -0.870. The standard InChI is InChI=1S/C17H17Br2FO/c1-9-5-10(2)16(11(3)6-9)17(19)12-7-13(18)14(20)8-15(12)21-4/h5-8,17H,1-4H3. The number of halogens is 3. The summed E-state index contributed by atoms with van der Waals surface area (Å²) in [6.45, 7) is 6.27. The van der Waals surface area contributed by atoms with Crippen molar-refractivity contribution >= 4 is 31.9 Å². The van der Waals surface area contributed by atoms with Crippen LogP contribution in [0.4, 0.5) is 4.39 Å². The summed E-state index contributed by atoms with van der Waals surface area (Å²) in [5.41, 5.74) is 5.74. The van der Waals surface area contributed by atoms with Crippen LogP contribution in [0.15, 0.2) is 28.7 Å². The second-order valence-corrected chi connectivity index (χ2v) is 6.95. The van der Waals surface area contributed by atoms with Crippen LogP contribution in [0, 0.1) is 26.6 Å². The van der Waals surface area contributed by atoms with Crippen molar-refractivity contribution < 1.29 is 9.13 Å². The summed E-state index contributed by atoms with van der Waals surface area (Å²) in [6, 6.07) is 7.49. The van der Waals surface area contributed by atoms with Crippen molar-refractivity contribution in [2.24, 2.45) is 0 Å². The predicted molar refractivity (Wildman–Crippen MR) is 92.1 cm³/mol. The van der Waals surface area contributed by atoms with Crippen LogP contribution in [0.25, 0.3) is 0 Å². The summed E-state index contributed by atoms with van der Waals surface area (Å²) in [7, 11) is 1.56. The summed E-state index contributed by atoms with van der Waals surface area (Å²) in [5.74, 6) is 0.213. The Morgan fingerprint density at radius 2 is 1.62 bits per heavy atom. The zero-order valence-electron chi connectivity index (χ0n) is 12.4. The fourth-order valence-corrected chi connectivity index (χ4v) is 4.11. The second-order valence-electron chi connectivity index (χ2n) is 5.18. The number of aryl methyl sites for hydroxylation is 3. The largest absolute Gasteiger partial charge is 0.496 e. The Labute approximate surface area is 141 Å². The molecule has 0 saturated carbocycles. The third-order valence-corrected chi connectivity index (χ3v) is 5.10. The first-order valence-electron chi connectivity index (χ1n) is 6.60. The van der Waals surface area contributed by atoms with E-state index in [0.29, 0.717) is 10.2 Å². The molecule has 1 atom stereocenters. The smallest absolute Gasteiger partial charge is 0.141 e. The van der Waals surface area contributed by atoms with E-state index >= 15 is 0 Å². The van der Waals surface area contributed by atoms with Crippen LogP contribution in [-0.2, 0) is 0 Å². The molecule has 2 aromatic rings. The molecule has 0 heterocycles. The van der Waals surface area contributed by atoms with E-state index in [1.165, 1.54) is 28.3 Å². The number of rotatable bonds is 3. The lowest BCUT2D eigenvalue weighted by Gasteiger charge is -2.20. The third-order valence-electron chi connectivity index (χ3n) is 3.54. The molecule has 0 amide bonds. The van der Waals surface area contributed by atoms with Crippen LogP contribution >= 0.6 is 31.9 Å². The number of hydrogen-bond acceptors (Lipinski definition) is 1. The van der Waals surface area contributed by atoms with Crippen LogP contribution in [0.2, 0.25) is 0 Å². The predicted octanol–water partition coefficient (Wildman–Crippen LogP) is 6.01. The lowest BCUT2D eigenvalue weighted by molar-refractivity contribution is 0.406. The van der Waals surface area contributed by atoms with Gasteiger partial charge in [-0.3, -0.25) is 0 Å². The van der Waals surface area contributed by atoms with E-state index in [9.17, 15) is 4.39 Å². The molecule has 0 radical (unpaired) electrons. The summed E-state index contributed by atoms with van der Waals surface area (Å²) < 4.78 is 19.5. The highest BCUT2D eigenvalue weighted by atomic mass is 79.9. The normalized spacial score (nSPS) is 12.3. The molecule has 0 spiro atoms. The zero-order chi connectivity index (χ0) is 15.7. The molecule has 0 aliphatic carbocycles. The molecule has 1 unspecified atom stereocenters. The van der Waals surface area contributed by atoms with Gasteiger partial charge in [0, 0.05) is 11.6 Å². The Morgan fingerprint density at radius 3 is 2.14 bits per heavy atom. The summed E-state index contributed by atoms with van der Waals surface area (Å²) in [5, 5.41) is 0. The van der Waals surface area contributed by atoms with Crippen molar-refractivity contribution in [3.63, 3.8) is 0 Å². The molecule has 2 rings (SSSR count). The molecular formula is C17H17Br2FO. The topological polar surface area (TPSA) is 9.23 Å². The van der Waals surface area contributed by atoms with Gasteiger partial charge in [0.15, 0.2) is 0 Å². The molecule has 21 heavy (non-hydrogen) atoms. The van der Waals surface area contributed by atoms with Gasteiger partial charge in [-0.2, -0.15) is 0 Å². The van der Waals surface area contributed by atoms with Gasteiger partial charge in [0.1, 0.15) is 11.6 Å². The van der Waals surface area contributed by atoms with E-state index in [-0.39, 0.29) is 10.6 Å². The van der Waals surface area contributed by atoms with E-state index in [1.807, 2.05) is 0 Å². The van der Waals surface area contributed by atoms with Gasteiger partial charge in [0.2, 0.25) is 0 Å². The minimum Gasteiger partial charge on any atom is -0.496 e. The minimum atomic E-state index is -0.326. The van der Waals surface area contributed by atoms with E-state index in [1.54, 1.807) is 13.2 Å². The quantitative estimate of drug-likeness (QED) is 0.558. The molecule has 0 fully saturated rings. The highest BCUT2D eigenvalue weighted by Gasteiger charge is 2.21. The maximum Gasteiger partial charge on any atom is 0.141 e. The fraction of sp³-hybridized carbons (Fsp3) is 0.294. The Bertz CT molecular complexity index is 660. The number of alkyl halides is 1. The highest BCUT2D eigenvalue weighted by molar-refractivity contribution is 9.10. The second kappa shape index (κ2) is 6.49. The first kappa shape index (κ1) is 16.5. The highest BCUT2D eigenvalue weighted by Crippen LogP contribution is 2.41. The first-order chi connectivity index (χ1) is 9.85. The fourth-order valence-electron chi connectivity index (χ4n) is 2.67. The van der Waals surface area contributed by atoms with Gasteiger partial charge < -0.3 is 4.74 Å². The Morgan fingerprint density at radius 1 is 1.05 bits per heavy atom. The molecule has 0 N–H and O–H groups in total. The van der Waals surface area contributed by atoms with Crippen LogP contribution in [0.5, 0.6) is 5.75 Å². The summed E-state index contributed by atoms with van der Waals surface area (Å²) >= 11 is 6.99. The van der Waals surface area contributed by atoms with E-state index in [4.69, 9.17) is 4.74 Å². The van der Waals surface area contributed by atoms with Crippen molar-refractivity contribution in [2.75, 3.05) is 7.11 Å². The number of benzene rings is 2. The van der Waals surface area contributed by atoms with Crippen molar-refractivity contribution in [1.82, 2.24) is 0 Å². The molecule has 0 saturated heterocycles. The lowest BCUT2D eigenvalue weighted by atomic mass is 9.94. The van der Waals surface area contributed by atoms with Gasteiger partial charge in [-0.05, 0) is 59.5 Å². The lowest BCUT2D eigenvalue weighted by Crippen LogP contribution is -2.03. The van der Waals surface area contributed by atoms with Gasteiger partial charge in [-0.25, -0.2) is 4.39 Å². The van der Waals surface area contributed by atoms with Crippen LogP contribution in [0.1, 0.15) is 32.6 Å². The zero-order valence-corrected chi connectivity index (χ0v) is 15.6. The minimum absolute atomic E-state index is 0.0510. The molecule has 4 heteroatoms. The molecule has 112 valence electrons. The maximum atomic E-state index is 13.7. The molecule has 1 nitrogen and oxygen atoms in total.